The van der Waals surface area contributed by atoms with Crippen molar-refractivity contribution in [3.8, 4) is 11.8 Å². The van der Waals surface area contributed by atoms with Crippen molar-refractivity contribution < 1.29 is 13.9 Å². The number of rotatable bonds is 7. The molecule has 0 spiro atoms. The van der Waals surface area contributed by atoms with Crippen LogP contribution in [0.4, 0.5) is 21.8 Å². The molecule has 0 saturated carbocycles. The predicted molar refractivity (Wildman–Crippen MR) is 122 cm³/mol. The molecule has 2 heterocycles. The van der Waals surface area contributed by atoms with Crippen LogP contribution in [-0.2, 0) is 11.2 Å². The van der Waals surface area contributed by atoms with Gasteiger partial charge < -0.3 is 15.4 Å². The summed E-state index contributed by atoms with van der Waals surface area (Å²) in [7, 11) is 0. The van der Waals surface area contributed by atoms with Crippen molar-refractivity contribution in [3.63, 3.8) is 0 Å². The van der Waals surface area contributed by atoms with Gasteiger partial charge in [0.15, 0.2) is 5.82 Å². The Morgan fingerprint density at radius 2 is 1.94 bits per heavy atom. The van der Waals surface area contributed by atoms with Crippen molar-refractivity contribution in [3.05, 3.63) is 75.9 Å². The minimum Gasteiger partial charge on any atom is -0.424 e. The van der Waals surface area contributed by atoms with Gasteiger partial charge in [0.1, 0.15) is 17.4 Å². The largest absolute Gasteiger partial charge is 0.424 e. The van der Waals surface area contributed by atoms with Gasteiger partial charge in [0.05, 0.1) is 16.5 Å². The first-order chi connectivity index (χ1) is 15.8. The van der Waals surface area contributed by atoms with Gasteiger partial charge in [-0.1, -0.05) is 29.3 Å². The van der Waals surface area contributed by atoms with E-state index in [2.05, 4.69) is 35.8 Å². The van der Waals surface area contributed by atoms with E-state index < -0.39 is 5.82 Å². The lowest BCUT2D eigenvalue weighted by molar-refractivity contribution is -0.115. The molecule has 0 saturated heterocycles. The van der Waals surface area contributed by atoms with E-state index in [1.54, 1.807) is 37.3 Å². The van der Waals surface area contributed by atoms with Gasteiger partial charge in [-0.15, -0.1) is 0 Å². The number of aromatic nitrogens is 5. The standard InChI is InChI=1S/C21H16Cl2FN7O2/c1-11-25-20(29-21(26-11)33-15-5-6-16(22)17(23)10-15)28-18-8-14(30-31-18)9-19(32)27-13-4-2-3-12(24)7-13/h2-8,10H,9H2,1H3,(H,27,32)(H2,25,26,28,29,30,31). The Morgan fingerprint density at radius 3 is 2.73 bits per heavy atom. The van der Waals surface area contributed by atoms with E-state index in [1.165, 1.54) is 18.2 Å². The molecule has 1 amide bonds. The van der Waals surface area contributed by atoms with Crippen LogP contribution < -0.4 is 15.4 Å². The third-order valence-corrected chi connectivity index (χ3v) is 4.90. The molecule has 4 aromatic rings. The lowest BCUT2D eigenvalue weighted by atomic mass is 10.2. The van der Waals surface area contributed by atoms with Crippen molar-refractivity contribution in [2.45, 2.75) is 13.3 Å². The predicted octanol–water partition coefficient (Wildman–Crippen LogP) is 5.07. The van der Waals surface area contributed by atoms with Gasteiger partial charge in [-0.3, -0.25) is 9.89 Å². The first-order valence-electron chi connectivity index (χ1n) is 9.56. The molecule has 168 valence electrons. The number of hydrogen-bond acceptors (Lipinski definition) is 7. The highest BCUT2D eigenvalue weighted by Crippen LogP contribution is 2.28. The Labute approximate surface area is 197 Å². The van der Waals surface area contributed by atoms with Crippen LogP contribution in [0.15, 0.2) is 48.5 Å². The highest BCUT2D eigenvalue weighted by molar-refractivity contribution is 6.42. The van der Waals surface area contributed by atoms with Crippen LogP contribution in [0.25, 0.3) is 0 Å². The summed E-state index contributed by atoms with van der Waals surface area (Å²) in [6.07, 6.45) is 0.00705. The van der Waals surface area contributed by atoms with Gasteiger partial charge in [-0.05, 0) is 37.3 Å². The van der Waals surface area contributed by atoms with Gasteiger partial charge in [-0.2, -0.15) is 20.1 Å². The molecular weight excluding hydrogens is 472 g/mol. The molecule has 4 rings (SSSR count). The van der Waals surface area contributed by atoms with Crippen molar-refractivity contribution in [1.29, 1.82) is 0 Å². The second kappa shape index (κ2) is 9.80. The lowest BCUT2D eigenvalue weighted by Gasteiger charge is -2.07. The molecule has 0 fully saturated rings. The highest BCUT2D eigenvalue weighted by Gasteiger charge is 2.12. The van der Waals surface area contributed by atoms with Gasteiger partial charge in [0.25, 0.3) is 0 Å². The van der Waals surface area contributed by atoms with E-state index in [0.717, 1.165) is 0 Å². The number of hydrogen-bond donors (Lipinski definition) is 3. The summed E-state index contributed by atoms with van der Waals surface area (Å²) in [6.45, 7) is 1.68. The number of carbonyl (C=O) groups is 1. The second-order valence-electron chi connectivity index (χ2n) is 6.81. The van der Waals surface area contributed by atoms with Gasteiger partial charge in [-0.25, -0.2) is 4.39 Å². The highest BCUT2D eigenvalue weighted by atomic mass is 35.5. The fourth-order valence-corrected chi connectivity index (χ4v) is 3.07. The van der Waals surface area contributed by atoms with E-state index in [9.17, 15) is 9.18 Å². The van der Waals surface area contributed by atoms with Crippen LogP contribution in [0.3, 0.4) is 0 Å². The summed E-state index contributed by atoms with van der Waals surface area (Å²) in [6, 6.07) is 12.1. The monoisotopic (exact) mass is 487 g/mol. The van der Waals surface area contributed by atoms with Crippen LogP contribution in [0.2, 0.25) is 10.0 Å². The number of nitrogens with zero attached hydrogens (tertiary/aromatic N) is 4. The Morgan fingerprint density at radius 1 is 1.09 bits per heavy atom. The number of aryl methyl sites for hydroxylation is 1. The number of H-pyrrole nitrogens is 1. The molecule has 12 heteroatoms. The Bertz CT molecular complexity index is 1320. The summed E-state index contributed by atoms with van der Waals surface area (Å²) in [5, 5.41) is 13.1. The van der Waals surface area contributed by atoms with E-state index in [4.69, 9.17) is 27.9 Å². The van der Waals surface area contributed by atoms with E-state index in [-0.39, 0.29) is 24.3 Å². The molecular formula is C21H16Cl2FN7O2. The Kier molecular flexibility index (Phi) is 6.66. The van der Waals surface area contributed by atoms with Crippen molar-refractivity contribution >= 4 is 46.6 Å². The first-order valence-corrected chi connectivity index (χ1v) is 10.3. The van der Waals surface area contributed by atoms with Crippen LogP contribution in [-0.4, -0.2) is 31.1 Å². The third-order valence-electron chi connectivity index (χ3n) is 4.16. The topological polar surface area (TPSA) is 118 Å². The number of carbonyl (C=O) groups excluding carboxylic acids is 1. The number of ether oxygens (including phenoxy) is 1. The molecule has 9 nitrogen and oxygen atoms in total. The molecule has 3 N–H and O–H groups in total. The number of amides is 1. The Hall–Kier alpha value is -3.76. The van der Waals surface area contributed by atoms with Gasteiger partial charge in [0.2, 0.25) is 11.9 Å². The molecule has 0 aliphatic rings. The zero-order valence-corrected chi connectivity index (χ0v) is 18.6. The zero-order valence-electron chi connectivity index (χ0n) is 17.1. The summed E-state index contributed by atoms with van der Waals surface area (Å²) in [4.78, 5) is 24.8. The van der Waals surface area contributed by atoms with E-state index >= 15 is 0 Å². The molecule has 0 aliphatic carbocycles. The minimum absolute atomic E-state index is 0.00705. The van der Waals surface area contributed by atoms with Crippen LogP contribution in [0.5, 0.6) is 11.8 Å². The summed E-state index contributed by atoms with van der Waals surface area (Å²) >= 11 is 11.9. The average Bonchev–Trinajstić information content (AvgIpc) is 3.16. The lowest BCUT2D eigenvalue weighted by Crippen LogP contribution is -2.14. The summed E-state index contributed by atoms with van der Waals surface area (Å²) in [5.41, 5.74) is 0.900. The molecule has 0 atom stereocenters. The fourth-order valence-electron chi connectivity index (χ4n) is 2.78. The van der Waals surface area contributed by atoms with Crippen LogP contribution in [0.1, 0.15) is 11.5 Å². The number of benzene rings is 2. The van der Waals surface area contributed by atoms with Crippen molar-refractivity contribution in [2.75, 3.05) is 10.6 Å². The van der Waals surface area contributed by atoms with E-state index in [1.807, 2.05) is 0 Å². The van der Waals surface area contributed by atoms with E-state index in [0.29, 0.717) is 38.8 Å². The smallest absolute Gasteiger partial charge is 0.327 e. The quantitative estimate of drug-likeness (QED) is 0.333. The summed E-state index contributed by atoms with van der Waals surface area (Å²) in [5.74, 6) is 0.634. The Balaban J connectivity index is 1.41. The molecule has 0 radical (unpaired) electrons. The molecule has 0 aliphatic heterocycles. The fraction of sp³-hybridized carbons (Fsp3) is 0.0952. The van der Waals surface area contributed by atoms with Gasteiger partial charge in [0, 0.05) is 23.5 Å². The SMILES string of the molecule is Cc1nc(Nc2cc(CC(=O)Nc3cccc(F)c3)[nH]n2)nc(Oc2ccc(Cl)c(Cl)c2)n1. The first kappa shape index (κ1) is 22.4. The van der Waals surface area contributed by atoms with Crippen molar-refractivity contribution in [1.82, 2.24) is 25.1 Å². The number of halogens is 3. The molecule has 0 unspecified atom stereocenters. The van der Waals surface area contributed by atoms with Crippen molar-refractivity contribution in [2.24, 2.45) is 0 Å². The molecule has 2 aromatic carbocycles. The normalized spacial score (nSPS) is 10.7. The summed E-state index contributed by atoms with van der Waals surface area (Å²) < 4.78 is 18.9. The minimum atomic E-state index is -0.434. The maximum absolute atomic E-state index is 13.3. The number of anilines is 3. The molecule has 33 heavy (non-hydrogen) atoms. The molecule has 0 bridgehead atoms. The number of nitrogens with one attached hydrogen (secondary N) is 3. The third kappa shape index (κ3) is 6.15. The van der Waals surface area contributed by atoms with Gasteiger partial charge >= 0.3 is 6.01 Å². The molecule has 2 aromatic heterocycles. The maximum Gasteiger partial charge on any atom is 0.327 e. The maximum atomic E-state index is 13.3. The second-order valence-corrected chi connectivity index (χ2v) is 7.62. The zero-order chi connectivity index (χ0) is 23.4. The van der Waals surface area contributed by atoms with Crippen LogP contribution in [0, 0.1) is 12.7 Å². The van der Waals surface area contributed by atoms with Crippen LogP contribution >= 0.6 is 23.2 Å². The number of aromatic amines is 1. The average molecular weight is 488 g/mol.